The number of allylic oxidation sites excluding steroid dienone is 1. The second-order valence-corrected chi connectivity index (χ2v) is 1.94. The van der Waals surface area contributed by atoms with Crippen molar-refractivity contribution in [3.8, 4) is 0 Å². The van der Waals surface area contributed by atoms with Gasteiger partial charge in [-0.2, -0.15) is 0 Å². The van der Waals surface area contributed by atoms with Crippen molar-refractivity contribution in [2.45, 2.75) is 6.92 Å². The Kier molecular flexibility index (Phi) is 2.86. The highest BCUT2D eigenvalue weighted by Crippen LogP contribution is 1.98. The molecule has 0 rings (SSSR count). The second kappa shape index (κ2) is 2.92. The normalized spacial score (nSPS) is 11.6. The van der Waals surface area contributed by atoms with E-state index in [0.717, 1.165) is 11.0 Å². The molecule has 0 saturated carbocycles. The van der Waals surface area contributed by atoms with E-state index in [2.05, 4.69) is 20.8 Å². The summed E-state index contributed by atoms with van der Waals surface area (Å²) in [6, 6.07) is 0. The summed E-state index contributed by atoms with van der Waals surface area (Å²) < 4.78 is 0. The van der Waals surface area contributed by atoms with Crippen molar-refractivity contribution in [1.82, 2.24) is 0 Å². The van der Waals surface area contributed by atoms with Crippen LogP contribution in [0.1, 0.15) is 6.92 Å². The highest BCUT2D eigenvalue weighted by Gasteiger charge is 1.83. The van der Waals surface area contributed by atoms with E-state index in [9.17, 15) is 0 Å². The lowest BCUT2D eigenvalue weighted by Gasteiger charge is -1.90. The summed E-state index contributed by atoms with van der Waals surface area (Å²) in [5.74, 6) is 0. The fraction of sp³-hybridized carbons (Fsp3) is 0.400. The van der Waals surface area contributed by atoms with Gasteiger partial charge >= 0.3 is 0 Å². The quantitative estimate of drug-likeness (QED) is 0.362. The van der Waals surface area contributed by atoms with Gasteiger partial charge in [0, 0.05) is 7.05 Å². The molecule has 1 unspecified atom stereocenters. The highest BCUT2D eigenvalue weighted by atomic mass is 31.0. The molecule has 7 heavy (non-hydrogen) atoms. The molecule has 0 aromatic heterocycles. The van der Waals surface area contributed by atoms with Crippen molar-refractivity contribution >= 4 is 14.7 Å². The van der Waals surface area contributed by atoms with Crippen LogP contribution in [0.2, 0.25) is 0 Å². The number of aliphatic imine (C=N–C) groups is 1. The Morgan fingerprint density at radius 2 is 2.14 bits per heavy atom. The Balaban J connectivity index is 3.82. The van der Waals surface area contributed by atoms with E-state index in [4.69, 9.17) is 0 Å². The largest absolute Gasteiger partial charge is 0.289 e. The van der Waals surface area contributed by atoms with E-state index < -0.39 is 0 Å². The van der Waals surface area contributed by atoms with Gasteiger partial charge in [0.15, 0.2) is 0 Å². The van der Waals surface area contributed by atoms with Gasteiger partial charge in [-0.3, -0.25) is 4.99 Å². The third kappa shape index (κ3) is 2.52. The Labute approximate surface area is 46.7 Å². The molecule has 0 aliphatic rings. The minimum absolute atomic E-state index is 0.944. The summed E-state index contributed by atoms with van der Waals surface area (Å²) in [5, 5.41) is 0. The number of hydrogen-bond donors (Lipinski definition) is 0. The Bertz CT molecular complexity index is 105. The first-order valence-corrected chi connectivity index (χ1v) is 2.64. The van der Waals surface area contributed by atoms with Crippen LogP contribution in [0.4, 0.5) is 0 Å². The van der Waals surface area contributed by atoms with Crippen molar-refractivity contribution in [2.75, 3.05) is 7.05 Å². The number of rotatable bonds is 1. The molecule has 0 heterocycles. The van der Waals surface area contributed by atoms with Crippen LogP contribution in [0, 0.1) is 0 Å². The lowest BCUT2D eigenvalue weighted by atomic mass is 10.4. The molecular formula is C5H10NP. The highest BCUT2D eigenvalue weighted by molar-refractivity contribution is 7.41. The predicted octanol–water partition coefficient (Wildman–Crippen LogP) is 1.47. The van der Waals surface area contributed by atoms with E-state index in [0.29, 0.717) is 0 Å². The fourth-order valence-corrected chi connectivity index (χ4v) is 0.191. The van der Waals surface area contributed by atoms with Gasteiger partial charge in [-0.25, -0.2) is 0 Å². The summed E-state index contributed by atoms with van der Waals surface area (Å²) in [7, 11) is 4.25. The summed E-state index contributed by atoms with van der Waals surface area (Å²) >= 11 is 0. The Morgan fingerprint density at radius 1 is 1.71 bits per heavy atom. The molecule has 0 bridgehead atoms. The summed E-state index contributed by atoms with van der Waals surface area (Å²) in [6.45, 7) is 5.60. The minimum atomic E-state index is 0.944. The van der Waals surface area contributed by atoms with Gasteiger partial charge < -0.3 is 0 Å². The van der Waals surface area contributed by atoms with Crippen molar-refractivity contribution in [2.24, 2.45) is 4.99 Å². The molecule has 0 aromatic carbocycles. The van der Waals surface area contributed by atoms with Crippen LogP contribution in [0.3, 0.4) is 0 Å². The maximum atomic E-state index is 3.87. The third-order valence-electron chi connectivity index (χ3n) is 0.678. The summed E-state index contributed by atoms with van der Waals surface area (Å²) in [5.41, 5.74) is 1.95. The molecule has 0 aliphatic heterocycles. The molecule has 0 amide bonds. The first-order valence-electron chi connectivity index (χ1n) is 2.06. The Hall–Kier alpha value is -0.160. The van der Waals surface area contributed by atoms with E-state index >= 15 is 0 Å². The molecule has 2 heteroatoms. The first-order chi connectivity index (χ1) is 3.18. The zero-order valence-electron chi connectivity index (χ0n) is 4.73. The maximum Gasteiger partial charge on any atom is 0.0533 e. The van der Waals surface area contributed by atoms with E-state index in [1.54, 1.807) is 7.05 Å². The SMILES string of the molecule is C=C(C)C(P)=NC. The number of hydrogen-bond acceptors (Lipinski definition) is 1. The first kappa shape index (κ1) is 6.84. The van der Waals surface area contributed by atoms with Crippen LogP contribution in [-0.4, -0.2) is 12.5 Å². The summed E-state index contributed by atoms with van der Waals surface area (Å²) in [4.78, 5) is 3.87. The molecule has 1 nitrogen and oxygen atoms in total. The predicted molar refractivity (Wildman–Crippen MR) is 37.9 cm³/mol. The minimum Gasteiger partial charge on any atom is -0.289 e. The van der Waals surface area contributed by atoms with Crippen molar-refractivity contribution in [3.05, 3.63) is 12.2 Å². The average Bonchev–Trinajstić information content (AvgIpc) is 1.65. The lowest BCUT2D eigenvalue weighted by molar-refractivity contribution is 1.44. The molecular weight excluding hydrogens is 105 g/mol. The fourth-order valence-electron chi connectivity index (χ4n) is 0.191. The van der Waals surface area contributed by atoms with Crippen LogP contribution in [0.15, 0.2) is 17.1 Å². The van der Waals surface area contributed by atoms with Crippen LogP contribution in [0.25, 0.3) is 0 Å². The lowest BCUT2D eigenvalue weighted by Crippen LogP contribution is -1.83. The van der Waals surface area contributed by atoms with Gasteiger partial charge in [0.1, 0.15) is 0 Å². The van der Waals surface area contributed by atoms with Crippen molar-refractivity contribution in [3.63, 3.8) is 0 Å². The van der Waals surface area contributed by atoms with Crippen LogP contribution in [0.5, 0.6) is 0 Å². The molecule has 0 saturated heterocycles. The monoisotopic (exact) mass is 115 g/mol. The molecule has 1 atom stereocenters. The summed E-state index contributed by atoms with van der Waals surface area (Å²) in [6.07, 6.45) is 0. The van der Waals surface area contributed by atoms with Gasteiger partial charge in [-0.1, -0.05) is 15.8 Å². The topological polar surface area (TPSA) is 12.4 Å². The van der Waals surface area contributed by atoms with E-state index in [-0.39, 0.29) is 0 Å². The van der Waals surface area contributed by atoms with Gasteiger partial charge in [-0.05, 0) is 12.5 Å². The number of nitrogens with zero attached hydrogens (tertiary/aromatic N) is 1. The third-order valence-corrected chi connectivity index (χ3v) is 1.43. The second-order valence-electron chi connectivity index (χ2n) is 1.39. The van der Waals surface area contributed by atoms with Gasteiger partial charge in [-0.15, -0.1) is 0 Å². The maximum absolute atomic E-state index is 3.87. The van der Waals surface area contributed by atoms with Crippen molar-refractivity contribution in [1.29, 1.82) is 0 Å². The molecule has 0 radical (unpaired) electrons. The van der Waals surface area contributed by atoms with Crippen LogP contribution in [-0.2, 0) is 0 Å². The molecule has 0 aliphatic carbocycles. The van der Waals surface area contributed by atoms with Gasteiger partial charge in [0.2, 0.25) is 0 Å². The van der Waals surface area contributed by atoms with Crippen molar-refractivity contribution < 1.29 is 0 Å². The zero-order chi connectivity index (χ0) is 5.86. The van der Waals surface area contributed by atoms with E-state index in [1.165, 1.54) is 0 Å². The molecule has 0 N–H and O–H groups in total. The average molecular weight is 115 g/mol. The van der Waals surface area contributed by atoms with Crippen LogP contribution >= 0.6 is 9.24 Å². The molecule has 0 spiro atoms. The standard InChI is InChI=1S/C5H10NP/c1-4(2)5(7)6-3/h1,7H2,2-3H3. The van der Waals surface area contributed by atoms with Crippen LogP contribution < -0.4 is 0 Å². The molecule has 40 valence electrons. The molecule has 0 aromatic rings. The van der Waals surface area contributed by atoms with Gasteiger partial charge in [0.25, 0.3) is 0 Å². The van der Waals surface area contributed by atoms with Gasteiger partial charge in [0.05, 0.1) is 5.45 Å². The zero-order valence-corrected chi connectivity index (χ0v) is 5.89. The van der Waals surface area contributed by atoms with E-state index in [1.807, 2.05) is 6.92 Å². The Morgan fingerprint density at radius 3 is 2.14 bits per heavy atom. The molecule has 0 fully saturated rings. The smallest absolute Gasteiger partial charge is 0.0533 e.